The van der Waals surface area contributed by atoms with Gasteiger partial charge in [0.2, 0.25) is 5.91 Å². The van der Waals surface area contributed by atoms with E-state index in [-0.39, 0.29) is 19.1 Å². The highest BCUT2D eigenvalue weighted by atomic mass is 16.5. The van der Waals surface area contributed by atoms with E-state index in [0.29, 0.717) is 12.2 Å². The largest absolute Gasteiger partial charge is 0.491 e. The van der Waals surface area contributed by atoms with Gasteiger partial charge in [0.05, 0.1) is 7.11 Å². The second-order valence-corrected chi connectivity index (χ2v) is 4.20. The molecule has 0 spiro atoms. The minimum Gasteiger partial charge on any atom is -0.491 e. The van der Waals surface area contributed by atoms with Crippen LogP contribution in [0.4, 0.5) is 0 Å². The monoisotopic (exact) mass is 281 g/mol. The highest BCUT2D eigenvalue weighted by Crippen LogP contribution is 2.13. The number of rotatable bonds is 7. The zero-order valence-electron chi connectivity index (χ0n) is 11.6. The van der Waals surface area contributed by atoms with Crippen LogP contribution in [0.25, 0.3) is 0 Å². The maximum atomic E-state index is 11.5. The number of esters is 1. The first-order valence-electron chi connectivity index (χ1n) is 6.24. The molecular weight excluding hydrogens is 262 g/mol. The Morgan fingerprint density at radius 2 is 1.95 bits per heavy atom. The van der Waals surface area contributed by atoms with Gasteiger partial charge in [-0.1, -0.05) is 12.1 Å². The van der Waals surface area contributed by atoms with Gasteiger partial charge in [-0.05, 0) is 24.1 Å². The molecule has 1 atom stereocenters. The van der Waals surface area contributed by atoms with Gasteiger partial charge in [-0.3, -0.25) is 4.79 Å². The molecule has 0 saturated carbocycles. The number of aliphatic hydroxyl groups excluding tert-OH is 1. The fraction of sp³-hybridized carbons (Fsp3) is 0.429. The molecule has 110 valence electrons. The van der Waals surface area contributed by atoms with E-state index >= 15 is 0 Å². The van der Waals surface area contributed by atoms with E-state index in [1.54, 1.807) is 12.1 Å². The number of hydrogen-bond donors (Lipinski definition) is 2. The average Bonchev–Trinajstić information content (AvgIpc) is 2.44. The first kappa shape index (κ1) is 16.0. The van der Waals surface area contributed by atoms with E-state index in [1.807, 2.05) is 12.1 Å². The number of methoxy groups -OCH3 is 1. The Morgan fingerprint density at radius 1 is 1.30 bits per heavy atom. The van der Waals surface area contributed by atoms with Crippen molar-refractivity contribution in [3.63, 3.8) is 0 Å². The lowest BCUT2D eigenvalue weighted by molar-refractivity contribution is -0.145. The van der Waals surface area contributed by atoms with E-state index in [0.717, 1.165) is 5.56 Å². The van der Waals surface area contributed by atoms with Crippen molar-refractivity contribution in [1.82, 2.24) is 5.32 Å². The molecule has 6 heteroatoms. The Labute approximate surface area is 117 Å². The van der Waals surface area contributed by atoms with Gasteiger partial charge in [0.1, 0.15) is 12.4 Å². The third-order valence-corrected chi connectivity index (χ3v) is 2.60. The quantitative estimate of drug-likeness (QED) is 0.701. The lowest BCUT2D eigenvalue weighted by Crippen LogP contribution is -2.44. The van der Waals surface area contributed by atoms with Crippen LogP contribution < -0.4 is 10.1 Å². The van der Waals surface area contributed by atoms with Crippen molar-refractivity contribution in [2.24, 2.45) is 0 Å². The maximum absolute atomic E-state index is 11.5. The second kappa shape index (κ2) is 8.16. The number of amides is 1. The fourth-order valence-corrected chi connectivity index (χ4v) is 1.62. The molecule has 1 aromatic rings. The first-order valence-corrected chi connectivity index (χ1v) is 6.24. The van der Waals surface area contributed by atoms with Crippen LogP contribution in [-0.2, 0) is 20.7 Å². The van der Waals surface area contributed by atoms with E-state index in [9.17, 15) is 9.59 Å². The van der Waals surface area contributed by atoms with Crippen molar-refractivity contribution >= 4 is 11.9 Å². The summed E-state index contributed by atoms with van der Waals surface area (Å²) in [6.07, 6.45) is 0.580. The second-order valence-electron chi connectivity index (χ2n) is 4.20. The summed E-state index contributed by atoms with van der Waals surface area (Å²) in [4.78, 5) is 22.5. The molecule has 0 aromatic heterocycles. The summed E-state index contributed by atoms with van der Waals surface area (Å²) in [6.45, 7) is 1.40. The predicted molar refractivity (Wildman–Crippen MR) is 72.3 cm³/mol. The van der Waals surface area contributed by atoms with Crippen molar-refractivity contribution in [3.8, 4) is 5.75 Å². The number of carbonyl (C=O) groups excluding carboxylic acids is 2. The number of aliphatic hydroxyl groups is 1. The van der Waals surface area contributed by atoms with E-state index in [2.05, 4.69) is 10.1 Å². The van der Waals surface area contributed by atoms with Gasteiger partial charge < -0.3 is 19.9 Å². The van der Waals surface area contributed by atoms with Crippen molar-refractivity contribution in [1.29, 1.82) is 0 Å². The van der Waals surface area contributed by atoms with Crippen molar-refractivity contribution in [2.45, 2.75) is 19.4 Å². The highest BCUT2D eigenvalue weighted by Gasteiger charge is 2.20. The van der Waals surface area contributed by atoms with Gasteiger partial charge >= 0.3 is 5.97 Å². The molecule has 0 fully saturated rings. The van der Waals surface area contributed by atoms with Crippen LogP contribution in [0.3, 0.4) is 0 Å². The van der Waals surface area contributed by atoms with Gasteiger partial charge in [0.15, 0.2) is 6.04 Å². The van der Waals surface area contributed by atoms with Crippen LogP contribution in [-0.4, -0.2) is 43.3 Å². The Hall–Kier alpha value is -2.08. The molecule has 1 unspecified atom stereocenters. The number of nitrogens with one attached hydrogen (secondary N) is 1. The summed E-state index contributed by atoms with van der Waals surface area (Å²) < 4.78 is 10.0. The molecule has 0 aliphatic heterocycles. The number of hydrogen-bond acceptors (Lipinski definition) is 5. The van der Waals surface area contributed by atoms with Crippen LogP contribution in [0.5, 0.6) is 5.75 Å². The number of benzene rings is 1. The Bertz CT molecular complexity index is 443. The Morgan fingerprint density at radius 3 is 2.45 bits per heavy atom. The third-order valence-electron chi connectivity index (χ3n) is 2.60. The van der Waals surface area contributed by atoms with Gasteiger partial charge in [-0.15, -0.1) is 0 Å². The van der Waals surface area contributed by atoms with Gasteiger partial charge in [-0.25, -0.2) is 4.79 Å². The molecule has 6 nitrogen and oxygen atoms in total. The Balaban J connectivity index is 2.57. The molecule has 1 amide bonds. The van der Waals surface area contributed by atoms with Crippen LogP contribution >= 0.6 is 0 Å². The topological polar surface area (TPSA) is 84.9 Å². The number of ether oxygens (including phenoxy) is 2. The summed E-state index contributed by atoms with van der Waals surface area (Å²) in [5.74, 6) is -0.315. The predicted octanol–water partition coefficient (Wildman–Crippen LogP) is 0.278. The molecule has 20 heavy (non-hydrogen) atoms. The van der Waals surface area contributed by atoms with Gasteiger partial charge in [-0.2, -0.15) is 0 Å². The lowest BCUT2D eigenvalue weighted by atomic mass is 10.1. The van der Waals surface area contributed by atoms with Crippen molar-refractivity contribution in [3.05, 3.63) is 29.8 Å². The minimum atomic E-state index is -0.838. The SMILES string of the molecule is COC(=O)C(COc1ccc(CCO)cc1)NC(C)=O. The molecule has 0 bridgehead atoms. The van der Waals surface area contributed by atoms with Crippen molar-refractivity contribution < 1.29 is 24.2 Å². The summed E-state index contributed by atoms with van der Waals surface area (Å²) in [5, 5.41) is 11.3. The molecule has 1 rings (SSSR count). The van der Waals surface area contributed by atoms with E-state index < -0.39 is 12.0 Å². The first-order chi connectivity index (χ1) is 9.56. The molecule has 0 saturated heterocycles. The minimum absolute atomic E-state index is 0.00833. The molecule has 0 heterocycles. The van der Waals surface area contributed by atoms with Crippen LogP contribution in [0.1, 0.15) is 12.5 Å². The summed E-state index contributed by atoms with van der Waals surface area (Å²) in [5.41, 5.74) is 0.992. The van der Waals surface area contributed by atoms with E-state index in [4.69, 9.17) is 9.84 Å². The standard InChI is InChI=1S/C14H19NO5/c1-10(17)15-13(14(18)19-2)9-20-12-5-3-11(4-6-12)7-8-16/h3-6,13,16H,7-9H2,1-2H3,(H,15,17). The lowest BCUT2D eigenvalue weighted by Gasteiger charge is -2.16. The summed E-state index contributed by atoms with van der Waals surface area (Å²) in [7, 11) is 1.25. The summed E-state index contributed by atoms with van der Waals surface area (Å²) >= 11 is 0. The van der Waals surface area contributed by atoms with Crippen LogP contribution in [0.2, 0.25) is 0 Å². The Kier molecular flexibility index (Phi) is 6.52. The molecule has 1 aromatic carbocycles. The maximum Gasteiger partial charge on any atom is 0.331 e. The molecule has 0 aliphatic rings. The smallest absolute Gasteiger partial charge is 0.331 e. The summed E-state index contributed by atoms with van der Waals surface area (Å²) in [6, 6.07) is 6.31. The molecule has 0 radical (unpaired) electrons. The molecule has 2 N–H and O–H groups in total. The van der Waals surface area contributed by atoms with Crippen LogP contribution in [0, 0.1) is 0 Å². The normalized spacial score (nSPS) is 11.6. The zero-order valence-corrected chi connectivity index (χ0v) is 11.6. The molecular formula is C14H19NO5. The van der Waals surface area contributed by atoms with Gasteiger partial charge in [0, 0.05) is 13.5 Å². The third kappa shape index (κ3) is 5.27. The van der Waals surface area contributed by atoms with Gasteiger partial charge in [0.25, 0.3) is 0 Å². The number of carbonyl (C=O) groups is 2. The molecule has 0 aliphatic carbocycles. The van der Waals surface area contributed by atoms with Crippen LogP contribution in [0.15, 0.2) is 24.3 Å². The van der Waals surface area contributed by atoms with Crippen molar-refractivity contribution in [2.75, 3.05) is 20.3 Å². The zero-order chi connectivity index (χ0) is 15.0. The highest BCUT2D eigenvalue weighted by molar-refractivity contribution is 5.83. The fourth-order valence-electron chi connectivity index (χ4n) is 1.62. The van der Waals surface area contributed by atoms with E-state index in [1.165, 1.54) is 14.0 Å². The average molecular weight is 281 g/mol.